The molecule has 4 nitrogen and oxygen atoms in total. The van der Waals surface area contributed by atoms with Gasteiger partial charge in [0.05, 0.1) is 22.5 Å². The van der Waals surface area contributed by atoms with Crippen molar-refractivity contribution in [3.05, 3.63) is 47.2 Å². The van der Waals surface area contributed by atoms with Crippen LogP contribution in [-0.4, -0.2) is 33.4 Å². The van der Waals surface area contributed by atoms with Crippen molar-refractivity contribution in [3.8, 4) is 5.69 Å². The average Bonchev–Trinajstić information content (AvgIpc) is 3.10. The first-order valence-electron chi connectivity index (χ1n) is 6.32. The molecule has 0 radical (unpaired) electrons. The van der Waals surface area contributed by atoms with Gasteiger partial charge in [-0.3, -0.25) is 0 Å². The zero-order valence-electron chi connectivity index (χ0n) is 10.7. The van der Waals surface area contributed by atoms with Gasteiger partial charge in [-0.1, -0.05) is 23.7 Å². The van der Waals surface area contributed by atoms with Gasteiger partial charge in [-0.15, -0.1) is 0 Å². The third-order valence-corrected chi connectivity index (χ3v) is 4.53. The third kappa shape index (κ3) is 2.83. The lowest BCUT2D eigenvalue weighted by Crippen LogP contribution is -2.17. The van der Waals surface area contributed by atoms with Crippen molar-refractivity contribution in [2.24, 2.45) is 0 Å². The Morgan fingerprint density at radius 3 is 3.05 bits per heavy atom. The van der Waals surface area contributed by atoms with Gasteiger partial charge in [-0.05, 0) is 24.3 Å². The molecule has 104 valence electrons. The molecule has 1 atom stereocenters. The smallest absolute Gasteiger partial charge is 0.341 e. The number of carbonyl (C=O) groups excluding carboxylic acids is 1. The van der Waals surface area contributed by atoms with Crippen LogP contribution in [-0.2, 0) is 4.74 Å². The van der Waals surface area contributed by atoms with E-state index in [-0.39, 0.29) is 12.1 Å². The topological polar surface area (TPSA) is 44.1 Å². The van der Waals surface area contributed by atoms with Crippen molar-refractivity contribution in [1.29, 1.82) is 0 Å². The van der Waals surface area contributed by atoms with Gasteiger partial charge in [0.2, 0.25) is 0 Å². The Hall–Kier alpha value is -1.46. The number of para-hydroxylation sites is 1. The minimum Gasteiger partial charge on any atom is -0.458 e. The zero-order chi connectivity index (χ0) is 13.9. The summed E-state index contributed by atoms with van der Waals surface area (Å²) in [4.78, 5) is 12.0. The van der Waals surface area contributed by atoms with Crippen LogP contribution in [0, 0.1) is 0 Å². The van der Waals surface area contributed by atoms with E-state index in [4.69, 9.17) is 16.3 Å². The Labute approximate surface area is 126 Å². The molecule has 20 heavy (non-hydrogen) atoms. The number of rotatable bonds is 3. The van der Waals surface area contributed by atoms with Gasteiger partial charge < -0.3 is 4.74 Å². The van der Waals surface area contributed by atoms with Crippen molar-refractivity contribution in [3.63, 3.8) is 0 Å². The Morgan fingerprint density at radius 1 is 1.45 bits per heavy atom. The molecule has 1 saturated heterocycles. The Morgan fingerprint density at radius 2 is 2.30 bits per heavy atom. The molecule has 0 spiro atoms. The van der Waals surface area contributed by atoms with Crippen LogP contribution in [0.3, 0.4) is 0 Å². The largest absolute Gasteiger partial charge is 0.458 e. The van der Waals surface area contributed by atoms with Crippen LogP contribution in [0.5, 0.6) is 0 Å². The lowest BCUT2D eigenvalue weighted by molar-refractivity contribution is 0.0357. The first kappa shape index (κ1) is 13.5. The highest BCUT2D eigenvalue weighted by Gasteiger charge is 2.21. The molecule has 2 aromatic rings. The fourth-order valence-electron chi connectivity index (χ4n) is 2.02. The fourth-order valence-corrected chi connectivity index (χ4v) is 3.34. The summed E-state index contributed by atoms with van der Waals surface area (Å²) in [7, 11) is 0. The zero-order valence-corrected chi connectivity index (χ0v) is 12.2. The normalized spacial score (nSPS) is 18.1. The van der Waals surface area contributed by atoms with E-state index in [0.717, 1.165) is 23.6 Å². The second-order valence-electron chi connectivity index (χ2n) is 4.52. The summed E-state index contributed by atoms with van der Waals surface area (Å²) < 4.78 is 7.02. The molecule has 0 saturated carbocycles. The quantitative estimate of drug-likeness (QED) is 0.817. The molecule has 1 aromatic heterocycles. The number of esters is 1. The molecule has 0 N–H and O–H groups in total. The van der Waals surface area contributed by atoms with Crippen molar-refractivity contribution in [1.82, 2.24) is 9.78 Å². The SMILES string of the molecule is O=C(OC1CCSC1)c1cnn(-c2ccccc2Cl)c1. The molecule has 1 fully saturated rings. The predicted octanol–water partition coefficient (Wildman–Crippen LogP) is 3.19. The second kappa shape index (κ2) is 5.89. The lowest BCUT2D eigenvalue weighted by Gasteiger charge is -2.09. The maximum atomic E-state index is 12.0. The van der Waals surface area contributed by atoms with Crippen LogP contribution in [0.15, 0.2) is 36.7 Å². The molecule has 0 bridgehead atoms. The average molecular weight is 309 g/mol. The van der Waals surface area contributed by atoms with Gasteiger partial charge in [0.1, 0.15) is 6.10 Å². The van der Waals surface area contributed by atoms with Gasteiger partial charge in [0, 0.05) is 11.9 Å². The standard InChI is InChI=1S/C14H13ClN2O2S/c15-12-3-1-2-4-13(12)17-8-10(7-16-17)14(18)19-11-5-6-20-9-11/h1-4,7-8,11H,5-6,9H2. The summed E-state index contributed by atoms with van der Waals surface area (Å²) in [6.07, 6.45) is 4.10. The summed E-state index contributed by atoms with van der Waals surface area (Å²) >= 11 is 7.91. The van der Waals surface area contributed by atoms with Gasteiger partial charge in [-0.25, -0.2) is 9.48 Å². The van der Waals surface area contributed by atoms with Gasteiger partial charge in [0.25, 0.3) is 0 Å². The number of nitrogens with zero attached hydrogens (tertiary/aromatic N) is 2. The van der Waals surface area contributed by atoms with Crippen molar-refractivity contribution in [2.75, 3.05) is 11.5 Å². The monoisotopic (exact) mass is 308 g/mol. The molecule has 0 amide bonds. The summed E-state index contributed by atoms with van der Waals surface area (Å²) in [5, 5.41) is 4.75. The number of hydrogen-bond acceptors (Lipinski definition) is 4. The summed E-state index contributed by atoms with van der Waals surface area (Å²) in [6, 6.07) is 7.35. The molecule has 1 aliphatic rings. The Balaban J connectivity index is 1.76. The molecule has 2 heterocycles. The fraction of sp³-hybridized carbons (Fsp3) is 0.286. The van der Waals surface area contributed by atoms with Crippen LogP contribution in [0.4, 0.5) is 0 Å². The molecule has 1 aliphatic heterocycles. The maximum absolute atomic E-state index is 12.0. The maximum Gasteiger partial charge on any atom is 0.341 e. The number of hydrogen-bond donors (Lipinski definition) is 0. The number of halogens is 1. The first-order valence-corrected chi connectivity index (χ1v) is 7.85. The number of ether oxygens (including phenoxy) is 1. The van der Waals surface area contributed by atoms with Crippen molar-refractivity contribution in [2.45, 2.75) is 12.5 Å². The molecular weight excluding hydrogens is 296 g/mol. The van der Waals surface area contributed by atoms with E-state index in [1.54, 1.807) is 16.9 Å². The predicted molar refractivity (Wildman–Crippen MR) is 79.7 cm³/mol. The molecular formula is C14H13ClN2O2S. The summed E-state index contributed by atoms with van der Waals surface area (Å²) in [6.45, 7) is 0. The van der Waals surface area contributed by atoms with Crippen molar-refractivity contribution >= 4 is 29.3 Å². The van der Waals surface area contributed by atoms with E-state index in [1.807, 2.05) is 30.0 Å². The number of thioether (sulfide) groups is 1. The highest BCUT2D eigenvalue weighted by Crippen LogP contribution is 2.22. The van der Waals surface area contributed by atoms with Crippen LogP contribution < -0.4 is 0 Å². The minimum atomic E-state index is -0.323. The number of aromatic nitrogens is 2. The molecule has 0 aliphatic carbocycles. The van der Waals surface area contributed by atoms with E-state index in [0.29, 0.717) is 10.6 Å². The van der Waals surface area contributed by atoms with Crippen LogP contribution in [0.25, 0.3) is 5.69 Å². The number of carbonyl (C=O) groups is 1. The lowest BCUT2D eigenvalue weighted by atomic mass is 10.3. The highest BCUT2D eigenvalue weighted by molar-refractivity contribution is 7.99. The van der Waals surface area contributed by atoms with Crippen LogP contribution in [0.2, 0.25) is 5.02 Å². The van der Waals surface area contributed by atoms with Crippen LogP contribution >= 0.6 is 23.4 Å². The van der Waals surface area contributed by atoms with E-state index in [1.165, 1.54) is 6.20 Å². The molecule has 1 aromatic carbocycles. The Kier molecular flexibility index (Phi) is 3.98. The first-order chi connectivity index (χ1) is 9.74. The second-order valence-corrected chi connectivity index (χ2v) is 6.07. The van der Waals surface area contributed by atoms with Crippen LogP contribution in [0.1, 0.15) is 16.8 Å². The molecule has 1 unspecified atom stereocenters. The minimum absolute atomic E-state index is 0.0242. The van der Waals surface area contributed by atoms with E-state index in [9.17, 15) is 4.79 Å². The van der Waals surface area contributed by atoms with E-state index >= 15 is 0 Å². The summed E-state index contributed by atoms with van der Waals surface area (Å²) in [5.41, 5.74) is 1.19. The van der Waals surface area contributed by atoms with Gasteiger partial charge >= 0.3 is 5.97 Å². The molecule has 6 heteroatoms. The third-order valence-electron chi connectivity index (χ3n) is 3.08. The van der Waals surface area contributed by atoms with Gasteiger partial charge in [-0.2, -0.15) is 16.9 Å². The van der Waals surface area contributed by atoms with Gasteiger partial charge in [0.15, 0.2) is 0 Å². The summed E-state index contributed by atoms with van der Waals surface area (Å²) in [5.74, 6) is 1.61. The number of benzene rings is 1. The van der Waals surface area contributed by atoms with E-state index < -0.39 is 0 Å². The molecule has 3 rings (SSSR count). The van der Waals surface area contributed by atoms with Crippen molar-refractivity contribution < 1.29 is 9.53 Å². The highest BCUT2D eigenvalue weighted by atomic mass is 35.5. The van der Waals surface area contributed by atoms with E-state index in [2.05, 4.69) is 5.10 Å². The Bertz CT molecular complexity index is 623.